The summed E-state index contributed by atoms with van der Waals surface area (Å²) in [5.74, 6) is 0.00155. The molecule has 0 saturated heterocycles. The van der Waals surface area contributed by atoms with Crippen molar-refractivity contribution in [1.82, 2.24) is 0 Å². The summed E-state index contributed by atoms with van der Waals surface area (Å²) < 4.78 is 5.42. The van der Waals surface area contributed by atoms with Gasteiger partial charge in [0.25, 0.3) is 0 Å². The molecule has 0 aromatic rings. The summed E-state index contributed by atoms with van der Waals surface area (Å²) >= 11 is 0. The minimum absolute atomic E-state index is 0.0632. The minimum Gasteiger partial charge on any atom is -0.481 e. The monoisotopic (exact) mass is 344 g/mol. The van der Waals surface area contributed by atoms with E-state index in [0.29, 0.717) is 32.0 Å². The van der Waals surface area contributed by atoms with E-state index in [1.165, 1.54) is 0 Å². The minimum atomic E-state index is -0.743. The van der Waals surface area contributed by atoms with E-state index in [2.05, 4.69) is 13.8 Å². The third-order valence-corrected chi connectivity index (χ3v) is 4.12. The Labute approximate surface area is 146 Å². The first-order valence-corrected chi connectivity index (χ1v) is 9.31. The maximum atomic E-state index is 11.7. The van der Waals surface area contributed by atoms with Crippen LogP contribution in [0.4, 0.5) is 0 Å². The van der Waals surface area contributed by atoms with Gasteiger partial charge in [-0.2, -0.15) is 0 Å². The van der Waals surface area contributed by atoms with Gasteiger partial charge < -0.3 is 14.9 Å². The number of unbranched alkanes of at least 4 members (excludes halogenated alkanes) is 3. The molecule has 2 N–H and O–H groups in total. The van der Waals surface area contributed by atoms with Crippen LogP contribution >= 0.6 is 0 Å². The number of carboxylic acids is 1. The third kappa shape index (κ3) is 14.6. The number of aliphatic hydroxyl groups excluding tert-OH is 1. The zero-order chi connectivity index (χ0) is 18.4. The Bertz CT molecular complexity index is 341. The van der Waals surface area contributed by atoms with Gasteiger partial charge in [0.05, 0.1) is 12.7 Å². The molecule has 2 unspecified atom stereocenters. The lowest BCUT2D eigenvalue weighted by Crippen LogP contribution is -2.18. The molecule has 142 valence electrons. The maximum Gasteiger partial charge on any atom is 0.303 e. The lowest BCUT2D eigenvalue weighted by Gasteiger charge is -2.16. The van der Waals surface area contributed by atoms with Gasteiger partial charge in [-0.1, -0.05) is 39.5 Å². The van der Waals surface area contributed by atoms with Gasteiger partial charge in [0.2, 0.25) is 0 Å². The van der Waals surface area contributed by atoms with Crippen molar-refractivity contribution >= 4 is 11.8 Å². The summed E-state index contributed by atoms with van der Waals surface area (Å²) in [5.41, 5.74) is 0. The fourth-order valence-electron chi connectivity index (χ4n) is 2.69. The lowest BCUT2D eigenvalue weighted by molar-refractivity contribution is -0.137. The Balaban J connectivity index is 3.76. The van der Waals surface area contributed by atoms with Crippen molar-refractivity contribution in [2.45, 2.75) is 84.7 Å². The Morgan fingerprint density at radius 3 is 2.12 bits per heavy atom. The molecule has 0 amide bonds. The highest BCUT2D eigenvalue weighted by Gasteiger charge is 2.15. The predicted molar refractivity (Wildman–Crippen MR) is 95.0 cm³/mol. The zero-order valence-corrected chi connectivity index (χ0v) is 15.6. The summed E-state index contributed by atoms with van der Waals surface area (Å²) in [4.78, 5) is 22.1. The highest BCUT2D eigenvalue weighted by Crippen LogP contribution is 2.19. The number of carboxylic acid groups (broad SMARTS) is 1. The van der Waals surface area contributed by atoms with Crippen molar-refractivity contribution < 1.29 is 24.5 Å². The number of rotatable bonds is 16. The van der Waals surface area contributed by atoms with Crippen molar-refractivity contribution in [2.75, 3.05) is 13.2 Å². The van der Waals surface area contributed by atoms with E-state index in [-0.39, 0.29) is 18.1 Å². The quantitative estimate of drug-likeness (QED) is 0.416. The Morgan fingerprint density at radius 2 is 1.54 bits per heavy atom. The third-order valence-electron chi connectivity index (χ3n) is 4.12. The van der Waals surface area contributed by atoms with Gasteiger partial charge in [0.15, 0.2) is 0 Å². The van der Waals surface area contributed by atoms with Crippen LogP contribution in [0.1, 0.15) is 78.6 Å². The molecule has 5 heteroatoms. The van der Waals surface area contributed by atoms with E-state index >= 15 is 0 Å². The standard InChI is InChI=1S/C19H36O5/c1-15(2)13-24-14-18(21)11-8-10-17(16(3)20)9-6-4-5-7-12-19(22)23/h15,17-18,21H,4-14H2,1-3H3,(H,22,23). The number of hydrogen-bond acceptors (Lipinski definition) is 4. The molecule has 0 spiro atoms. The first-order chi connectivity index (χ1) is 11.3. The summed E-state index contributed by atoms with van der Waals surface area (Å²) in [7, 11) is 0. The number of ether oxygens (including phenoxy) is 1. The first kappa shape index (κ1) is 23.1. The van der Waals surface area contributed by atoms with E-state index in [4.69, 9.17) is 9.84 Å². The van der Waals surface area contributed by atoms with Gasteiger partial charge in [0.1, 0.15) is 5.78 Å². The van der Waals surface area contributed by atoms with Gasteiger partial charge >= 0.3 is 5.97 Å². The molecule has 0 aliphatic rings. The van der Waals surface area contributed by atoms with Crippen molar-refractivity contribution in [3.63, 3.8) is 0 Å². The number of ketones is 1. The molecule has 0 heterocycles. The van der Waals surface area contributed by atoms with Gasteiger partial charge in [-0.25, -0.2) is 0 Å². The van der Waals surface area contributed by atoms with Crippen molar-refractivity contribution in [3.05, 3.63) is 0 Å². The smallest absolute Gasteiger partial charge is 0.303 e. The summed E-state index contributed by atoms with van der Waals surface area (Å²) in [6, 6.07) is 0. The average Bonchev–Trinajstić information content (AvgIpc) is 2.47. The van der Waals surface area contributed by atoms with Crippen LogP contribution in [-0.2, 0) is 14.3 Å². The zero-order valence-electron chi connectivity index (χ0n) is 15.6. The summed E-state index contributed by atoms with van der Waals surface area (Å²) in [6.07, 6.45) is 6.50. The number of carbonyl (C=O) groups is 2. The molecule has 0 aliphatic carbocycles. The number of carbonyl (C=O) groups excluding carboxylic acids is 1. The Hall–Kier alpha value is -0.940. The topological polar surface area (TPSA) is 83.8 Å². The van der Waals surface area contributed by atoms with E-state index < -0.39 is 12.1 Å². The highest BCUT2D eigenvalue weighted by molar-refractivity contribution is 5.78. The molecule has 0 radical (unpaired) electrons. The van der Waals surface area contributed by atoms with Crippen LogP contribution < -0.4 is 0 Å². The first-order valence-electron chi connectivity index (χ1n) is 9.31. The number of aliphatic carboxylic acids is 1. The molecule has 5 nitrogen and oxygen atoms in total. The summed E-state index contributed by atoms with van der Waals surface area (Å²) in [6.45, 7) is 6.82. The van der Waals surface area contributed by atoms with Crippen LogP contribution in [0.2, 0.25) is 0 Å². The largest absolute Gasteiger partial charge is 0.481 e. The van der Waals surface area contributed by atoms with Gasteiger partial charge in [-0.05, 0) is 38.5 Å². The number of Topliss-reactive ketones (excluding diaryl/α,β-unsaturated/α-hetero) is 1. The van der Waals surface area contributed by atoms with Crippen molar-refractivity contribution in [1.29, 1.82) is 0 Å². The van der Waals surface area contributed by atoms with Crippen LogP contribution in [0.15, 0.2) is 0 Å². The van der Waals surface area contributed by atoms with Crippen molar-refractivity contribution in [3.8, 4) is 0 Å². The van der Waals surface area contributed by atoms with Crippen LogP contribution in [-0.4, -0.2) is 41.3 Å². The second-order valence-electron chi connectivity index (χ2n) is 7.17. The predicted octanol–water partition coefficient (Wildman–Crippen LogP) is 3.82. The van der Waals surface area contributed by atoms with Crippen LogP contribution in [0, 0.1) is 11.8 Å². The van der Waals surface area contributed by atoms with E-state index in [0.717, 1.165) is 38.5 Å². The van der Waals surface area contributed by atoms with E-state index in [9.17, 15) is 14.7 Å². The van der Waals surface area contributed by atoms with Gasteiger partial charge in [-0.15, -0.1) is 0 Å². The second-order valence-corrected chi connectivity index (χ2v) is 7.17. The normalized spacial score (nSPS) is 13.9. The molecular weight excluding hydrogens is 308 g/mol. The SMILES string of the molecule is CC(=O)C(CCCCCCC(=O)O)CCCC(O)COCC(C)C. The summed E-state index contributed by atoms with van der Waals surface area (Å²) in [5, 5.41) is 18.5. The molecule has 0 rings (SSSR count). The number of aliphatic hydroxyl groups is 1. The molecule has 0 fully saturated rings. The van der Waals surface area contributed by atoms with Crippen LogP contribution in [0.3, 0.4) is 0 Å². The molecule has 0 aliphatic heterocycles. The fourth-order valence-corrected chi connectivity index (χ4v) is 2.69. The van der Waals surface area contributed by atoms with E-state index in [1.807, 2.05) is 0 Å². The van der Waals surface area contributed by atoms with Crippen LogP contribution in [0.25, 0.3) is 0 Å². The second kappa shape index (κ2) is 14.4. The molecule has 0 aromatic carbocycles. The van der Waals surface area contributed by atoms with Gasteiger partial charge in [0, 0.05) is 18.9 Å². The fraction of sp³-hybridized carbons (Fsp3) is 0.895. The number of hydrogen-bond donors (Lipinski definition) is 2. The maximum absolute atomic E-state index is 11.7. The molecule has 0 saturated carbocycles. The lowest BCUT2D eigenvalue weighted by atomic mass is 9.91. The van der Waals surface area contributed by atoms with Crippen LogP contribution in [0.5, 0.6) is 0 Å². The molecule has 0 bridgehead atoms. The average molecular weight is 344 g/mol. The highest BCUT2D eigenvalue weighted by atomic mass is 16.5. The molecular formula is C19H36O5. The Kier molecular flexibility index (Phi) is 13.8. The van der Waals surface area contributed by atoms with Gasteiger partial charge in [-0.3, -0.25) is 9.59 Å². The molecule has 0 aromatic heterocycles. The molecule has 24 heavy (non-hydrogen) atoms. The van der Waals surface area contributed by atoms with E-state index in [1.54, 1.807) is 6.92 Å². The molecule has 2 atom stereocenters. The Morgan fingerprint density at radius 1 is 0.917 bits per heavy atom. The van der Waals surface area contributed by atoms with Crippen molar-refractivity contribution in [2.24, 2.45) is 11.8 Å².